The lowest BCUT2D eigenvalue weighted by molar-refractivity contribution is -0.123. The van der Waals surface area contributed by atoms with Crippen LogP contribution < -0.4 is 5.32 Å². The molecule has 1 aliphatic rings. The first-order chi connectivity index (χ1) is 5.97. The van der Waals surface area contributed by atoms with E-state index in [1.54, 1.807) is 0 Å². The minimum Gasteiger partial charge on any atom is -0.351 e. The third kappa shape index (κ3) is 4.27. The van der Waals surface area contributed by atoms with E-state index in [1.807, 2.05) is 20.8 Å². The second-order valence-electron chi connectivity index (χ2n) is 4.74. The first-order valence-electron chi connectivity index (χ1n) is 5.01. The summed E-state index contributed by atoms with van der Waals surface area (Å²) in [4.78, 5) is 13.7. The fourth-order valence-electron chi connectivity index (χ4n) is 1.35. The van der Waals surface area contributed by atoms with Crippen LogP contribution in [0.2, 0.25) is 0 Å². The minimum atomic E-state index is -0.0912. The molecule has 1 fully saturated rings. The van der Waals surface area contributed by atoms with Gasteiger partial charge in [0, 0.05) is 18.5 Å². The van der Waals surface area contributed by atoms with Gasteiger partial charge in [0.05, 0.1) is 0 Å². The molecule has 0 saturated carbocycles. The van der Waals surface area contributed by atoms with E-state index < -0.39 is 0 Å². The lowest BCUT2D eigenvalue weighted by Gasteiger charge is -2.30. The number of amides is 1. The van der Waals surface area contributed by atoms with Gasteiger partial charge in [-0.1, -0.05) is 0 Å². The molecule has 1 amide bonds. The SMILES string of the molecule is CC(C)(C)NC(=O)CCN1CCC1. The quantitative estimate of drug-likeness (QED) is 0.709. The van der Waals surface area contributed by atoms with Gasteiger partial charge in [0.25, 0.3) is 0 Å². The number of nitrogens with one attached hydrogen (secondary N) is 1. The number of carbonyl (C=O) groups excluding carboxylic acids is 1. The second-order valence-corrected chi connectivity index (χ2v) is 4.74. The molecule has 3 nitrogen and oxygen atoms in total. The molecule has 13 heavy (non-hydrogen) atoms. The summed E-state index contributed by atoms with van der Waals surface area (Å²) in [6.45, 7) is 9.28. The van der Waals surface area contributed by atoms with E-state index in [9.17, 15) is 4.79 Å². The fourth-order valence-corrected chi connectivity index (χ4v) is 1.35. The number of hydrogen-bond acceptors (Lipinski definition) is 2. The Morgan fingerprint density at radius 2 is 2.00 bits per heavy atom. The number of rotatable bonds is 3. The highest BCUT2D eigenvalue weighted by molar-refractivity contribution is 5.76. The molecule has 0 aromatic carbocycles. The number of carbonyl (C=O) groups is 1. The number of nitrogens with zero attached hydrogens (tertiary/aromatic N) is 1. The zero-order chi connectivity index (χ0) is 9.90. The highest BCUT2D eigenvalue weighted by atomic mass is 16.1. The Kier molecular flexibility index (Phi) is 3.31. The van der Waals surface area contributed by atoms with Gasteiger partial charge in [0.1, 0.15) is 0 Å². The zero-order valence-corrected chi connectivity index (χ0v) is 8.89. The van der Waals surface area contributed by atoms with Gasteiger partial charge in [-0.05, 0) is 40.3 Å². The molecule has 0 aromatic heterocycles. The molecular weight excluding hydrogens is 164 g/mol. The molecule has 0 radical (unpaired) electrons. The van der Waals surface area contributed by atoms with Crippen LogP contribution in [0.25, 0.3) is 0 Å². The topological polar surface area (TPSA) is 32.3 Å². The lowest BCUT2D eigenvalue weighted by Crippen LogP contribution is -2.44. The van der Waals surface area contributed by atoms with E-state index in [4.69, 9.17) is 0 Å². The van der Waals surface area contributed by atoms with Crippen molar-refractivity contribution in [1.29, 1.82) is 0 Å². The normalized spacial score (nSPS) is 18.1. The Morgan fingerprint density at radius 3 is 2.38 bits per heavy atom. The van der Waals surface area contributed by atoms with Crippen molar-refractivity contribution in [2.45, 2.75) is 39.2 Å². The van der Waals surface area contributed by atoms with E-state index >= 15 is 0 Å². The van der Waals surface area contributed by atoms with Gasteiger partial charge in [0.15, 0.2) is 0 Å². The Balaban J connectivity index is 2.10. The average molecular weight is 184 g/mol. The van der Waals surface area contributed by atoms with Crippen LogP contribution in [0.1, 0.15) is 33.6 Å². The number of hydrogen-bond donors (Lipinski definition) is 1. The molecular formula is C10H20N2O. The molecule has 1 aliphatic heterocycles. The van der Waals surface area contributed by atoms with Crippen LogP contribution in [0.5, 0.6) is 0 Å². The van der Waals surface area contributed by atoms with Crippen LogP contribution in [-0.4, -0.2) is 36.0 Å². The van der Waals surface area contributed by atoms with Crippen molar-refractivity contribution in [2.24, 2.45) is 0 Å². The Hall–Kier alpha value is -0.570. The Bertz CT molecular complexity index is 180. The number of likely N-dealkylation sites (tertiary alicyclic amines) is 1. The van der Waals surface area contributed by atoms with Crippen molar-refractivity contribution >= 4 is 5.91 Å². The van der Waals surface area contributed by atoms with Crippen molar-refractivity contribution < 1.29 is 4.79 Å². The molecule has 0 spiro atoms. The van der Waals surface area contributed by atoms with Crippen molar-refractivity contribution in [2.75, 3.05) is 19.6 Å². The van der Waals surface area contributed by atoms with Gasteiger partial charge in [-0.25, -0.2) is 0 Å². The Morgan fingerprint density at radius 1 is 1.38 bits per heavy atom. The minimum absolute atomic E-state index is 0.0912. The smallest absolute Gasteiger partial charge is 0.221 e. The van der Waals surface area contributed by atoms with Crippen molar-refractivity contribution in [3.63, 3.8) is 0 Å². The molecule has 3 heteroatoms. The molecule has 0 bridgehead atoms. The van der Waals surface area contributed by atoms with Gasteiger partial charge >= 0.3 is 0 Å². The summed E-state index contributed by atoms with van der Waals surface area (Å²) < 4.78 is 0. The van der Waals surface area contributed by atoms with Gasteiger partial charge < -0.3 is 10.2 Å². The summed E-state index contributed by atoms with van der Waals surface area (Å²) in [5.74, 6) is 0.166. The summed E-state index contributed by atoms with van der Waals surface area (Å²) in [7, 11) is 0. The van der Waals surface area contributed by atoms with Crippen LogP contribution in [-0.2, 0) is 4.79 Å². The highest BCUT2D eigenvalue weighted by Crippen LogP contribution is 2.06. The summed E-state index contributed by atoms with van der Waals surface area (Å²) in [6, 6.07) is 0. The molecule has 0 aromatic rings. The predicted octanol–water partition coefficient (Wildman–Crippen LogP) is 0.997. The van der Waals surface area contributed by atoms with E-state index in [-0.39, 0.29) is 11.4 Å². The maximum atomic E-state index is 11.4. The summed E-state index contributed by atoms with van der Waals surface area (Å²) in [6.07, 6.45) is 1.93. The predicted molar refractivity (Wildman–Crippen MR) is 53.6 cm³/mol. The van der Waals surface area contributed by atoms with Gasteiger partial charge in [-0.15, -0.1) is 0 Å². The van der Waals surface area contributed by atoms with Crippen molar-refractivity contribution in [3.05, 3.63) is 0 Å². The third-order valence-electron chi connectivity index (χ3n) is 2.12. The molecule has 1 saturated heterocycles. The van der Waals surface area contributed by atoms with E-state index in [0.717, 1.165) is 6.54 Å². The van der Waals surface area contributed by atoms with Crippen LogP contribution >= 0.6 is 0 Å². The van der Waals surface area contributed by atoms with E-state index in [0.29, 0.717) is 6.42 Å². The molecule has 1 N–H and O–H groups in total. The summed E-state index contributed by atoms with van der Waals surface area (Å²) >= 11 is 0. The van der Waals surface area contributed by atoms with E-state index in [1.165, 1.54) is 19.5 Å². The van der Waals surface area contributed by atoms with Crippen molar-refractivity contribution in [1.82, 2.24) is 10.2 Å². The van der Waals surface area contributed by atoms with Crippen molar-refractivity contribution in [3.8, 4) is 0 Å². The van der Waals surface area contributed by atoms with Crippen LogP contribution in [0.15, 0.2) is 0 Å². The molecule has 76 valence electrons. The van der Waals surface area contributed by atoms with Gasteiger partial charge in [-0.3, -0.25) is 4.79 Å². The maximum Gasteiger partial charge on any atom is 0.221 e. The van der Waals surface area contributed by atoms with Crippen LogP contribution in [0.3, 0.4) is 0 Å². The molecule has 1 heterocycles. The maximum absolute atomic E-state index is 11.4. The first kappa shape index (κ1) is 10.5. The first-order valence-corrected chi connectivity index (χ1v) is 5.01. The molecule has 1 rings (SSSR count). The largest absolute Gasteiger partial charge is 0.351 e. The fraction of sp³-hybridized carbons (Fsp3) is 0.900. The Labute approximate surface area is 80.5 Å². The highest BCUT2D eigenvalue weighted by Gasteiger charge is 2.17. The second kappa shape index (κ2) is 4.09. The zero-order valence-electron chi connectivity index (χ0n) is 8.89. The van der Waals surface area contributed by atoms with Gasteiger partial charge in [-0.2, -0.15) is 0 Å². The molecule has 0 unspecified atom stereocenters. The molecule has 0 atom stereocenters. The monoisotopic (exact) mass is 184 g/mol. The summed E-state index contributed by atoms with van der Waals surface area (Å²) in [5, 5.41) is 2.96. The lowest BCUT2D eigenvalue weighted by atomic mass is 10.1. The van der Waals surface area contributed by atoms with E-state index in [2.05, 4.69) is 10.2 Å². The standard InChI is InChI=1S/C10H20N2O/c1-10(2,3)11-9(13)5-8-12-6-4-7-12/h4-8H2,1-3H3,(H,11,13). The van der Waals surface area contributed by atoms with Crippen LogP contribution in [0.4, 0.5) is 0 Å². The average Bonchev–Trinajstić information content (AvgIpc) is 1.78. The summed E-state index contributed by atoms with van der Waals surface area (Å²) in [5.41, 5.74) is -0.0912. The third-order valence-corrected chi connectivity index (χ3v) is 2.12. The van der Waals surface area contributed by atoms with Gasteiger partial charge in [0.2, 0.25) is 5.91 Å². The van der Waals surface area contributed by atoms with Crippen LogP contribution in [0, 0.1) is 0 Å². The molecule has 0 aliphatic carbocycles.